The third kappa shape index (κ3) is 3.84. The van der Waals surface area contributed by atoms with Crippen LogP contribution in [-0.4, -0.2) is 38.2 Å². The molecule has 4 rings (SSSR count). The number of amides is 2. The maximum absolute atomic E-state index is 12.8. The molecule has 0 bridgehead atoms. The first-order valence-corrected chi connectivity index (χ1v) is 9.89. The number of nitrogens with zero attached hydrogens (tertiary/aromatic N) is 4. The van der Waals surface area contributed by atoms with E-state index in [9.17, 15) is 9.59 Å². The molecule has 3 heterocycles. The molecule has 1 aromatic carbocycles. The van der Waals surface area contributed by atoms with E-state index < -0.39 is 0 Å². The van der Waals surface area contributed by atoms with Gasteiger partial charge < -0.3 is 4.90 Å². The van der Waals surface area contributed by atoms with Crippen molar-refractivity contribution in [3.05, 3.63) is 68.7 Å². The molecular formula is C18H13Cl2N5O2S. The van der Waals surface area contributed by atoms with Crippen LogP contribution in [0.1, 0.15) is 31.4 Å². The van der Waals surface area contributed by atoms with Crippen LogP contribution in [0.2, 0.25) is 10.0 Å². The van der Waals surface area contributed by atoms with E-state index in [1.54, 1.807) is 23.1 Å². The van der Waals surface area contributed by atoms with Crippen molar-refractivity contribution < 1.29 is 9.59 Å². The average Bonchev–Trinajstić information content (AvgIpc) is 3.11. The first-order chi connectivity index (χ1) is 13.5. The standard InChI is InChI=1S/C18H13Cl2N5O2S/c19-10-1-2-12(20)11(7-10)17(27)25-6-3-13-15(9-25)28-18(23-13)24-16(26)14-8-21-4-5-22-14/h1-2,4-5,7-8H,3,6,9H2,(H,23,24,26). The van der Waals surface area contributed by atoms with Gasteiger partial charge in [0.05, 0.1) is 29.0 Å². The molecular weight excluding hydrogens is 421 g/mol. The molecule has 0 saturated carbocycles. The Morgan fingerprint density at radius 3 is 2.86 bits per heavy atom. The number of hydrogen-bond donors (Lipinski definition) is 1. The molecule has 0 radical (unpaired) electrons. The van der Waals surface area contributed by atoms with Crippen molar-refractivity contribution in [3.8, 4) is 0 Å². The fraction of sp³-hybridized carbons (Fsp3) is 0.167. The summed E-state index contributed by atoms with van der Waals surface area (Å²) in [6.45, 7) is 0.908. The fourth-order valence-corrected chi connectivity index (χ4v) is 4.22. The normalized spacial score (nSPS) is 13.1. The molecule has 0 aliphatic carbocycles. The highest BCUT2D eigenvalue weighted by Gasteiger charge is 2.26. The van der Waals surface area contributed by atoms with Gasteiger partial charge in [-0.25, -0.2) is 9.97 Å². The van der Waals surface area contributed by atoms with Crippen LogP contribution in [0.15, 0.2) is 36.8 Å². The number of carbonyl (C=O) groups is 2. The van der Waals surface area contributed by atoms with E-state index in [0.717, 1.165) is 10.6 Å². The van der Waals surface area contributed by atoms with Gasteiger partial charge in [-0.2, -0.15) is 0 Å². The molecule has 0 fully saturated rings. The summed E-state index contributed by atoms with van der Waals surface area (Å²) in [6.07, 6.45) is 4.93. The number of anilines is 1. The number of halogens is 2. The number of fused-ring (bicyclic) bond motifs is 1. The zero-order valence-corrected chi connectivity index (χ0v) is 16.7. The van der Waals surface area contributed by atoms with Crippen molar-refractivity contribution in [1.82, 2.24) is 19.9 Å². The molecule has 0 atom stereocenters. The van der Waals surface area contributed by atoms with Crippen molar-refractivity contribution in [2.75, 3.05) is 11.9 Å². The number of benzene rings is 1. The summed E-state index contributed by atoms with van der Waals surface area (Å²) in [4.78, 5) is 40.0. The lowest BCUT2D eigenvalue weighted by Gasteiger charge is -2.26. The molecule has 28 heavy (non-hydrogen) atoms. The second kappa shape index (κ2) is 7.83. The highest BCUT2D eigenvalue weighted by atomic mass is 35.5. The Morgan fingerprint density at radius 1 is 1.21 bits per heavy atom. The predicted octanol–water partition coefficient (Wildman–Crippen LogP) is 3.69. The van der Waals surface area contributed by atoms with Crippen LogP contribution in [0, 0.1) is 0 Å². The van der Waals surface area contributed by atoms with E-state index in [-0.39, 0.29) is 17.5 Å². The molecule has 0 saturated heterocycles. The summed E-state index contributed by atoms with van der Waals surface area (Å²) in [5, 5.41) is 4.02. The van der Waals surface area contributed by atoms with E-state index in [4.69, 9.17) is 23.2 Å². The van der Waals surface area contributed by atoms with Crippen LogP contribution >= 0.6 is 34.5 Å². The van der Waals surface area contributed by atoms with Gasteiger partial charge in [0.25, 0.3) is 11.8 Å². The molecule has 1 N–H and O–H groups in total. The molecule has 0 unspecified atom stereocenters. The van der Waals surface area contributed by atoms with E-state index in [1.807, 2.05) is 0 Å². The van der Waals surface area contributed by atoms with Crippen molar-refractivity contribution >= 4 is 51.5 Å². The Hall–Kier alpha value is -2.55. The number of thiazole rings is 1. The van der Waals surface area contributed by atoms with E-state index in [1.165, 1.54) is 29.9 Å². The van der Waals surface area contributed by atoms with Gasteiger partial charge in [0, 0.05) is 35.3 Å². The lowest BCUT2D eigenvalue weighted by molar-refractivity contribution is 0.0736. The van der Waals surface area contributed by atoms with Crippen LogP contribution < -0.4 is 5.32 Å². The van der Waals surface area contributed by atoms with Gasteiger partial charge in [-0.05, 0) is 18.2 Å². The first kappa shape index (κ1) is 18.8. The van der Waals surface area contributed by atoms with E-state index in [0.29, 0.717) is 40.3 Å². The lowest BCUT2D eigenvalue weighted by atomic mass is 10.1. The number of nitrogens with one attached hydrogen (secondary N) is 1. The first-order valence-electron chi connectivity index (χ1n) is 8.31. The third-order valence-electron chi connectivity index (χ3n) is 4.19. The second-order valence-electron chi connectivity index (χ2n) is 6.03. The third-order valence-corrected chi connectivity index (χ3v) is 5.76. The number of rotatable bonds is 3. The van der Waals surface area contributed by atoms with Gasteiger partial charge in [-0.15, -0.1) is 0 Å². The molecule has 7 nitrogen and oxygen atoms in total. The summed E-state index contributed by atoms with van der Waals surface area (Å²) in [7, 11) is 0. The van der Waals surface area contributed by atoms with Gasteiger partial charge in [0.1, 0.15) is 5.69 Å². The van der Waals surface area contributed by atoms with Gasteiger partial charge in [0.15, 0.2) is 5.13 Å². The summed E-state index contributed by atoms with van der Waals surface area (Å²) >= 11 is 13.5. The van der Waals surface area contributed by atoms with Crippen molar-refractivity contribution in [2.45, 2.75) is 13.0 Å². The topological polar surface area (TPSA) is 88.1 Å². The fourth-order valence-electron chi connectivity index (χ4n) is 2.83. The van der Waals surface area contributed by atoms with Crippen LogP contribution in [0.3, 0.4) is 0 Å². The second-order valence-corrected chi connectivity index (χ2v) is 7.96. The quantitative estimate of drug-likeness (QED) is 0.680. The SMILES string of the molecule is O=C(Nc1nc2c(s1)CN(C(=O)c1cc(Cl)ccc1Cl)CC2)c1cnccn1. The van der Waals surface area contributed by atoms with E-state index >= 15 is 0 Å². The largest absolute Gasteiger partial charge is 0.333 e. The number of carbonyl (C=O) groups excluding carboxylic acids is 2. The molecule has 3 aromatic rings. The highest BCUT2D eigenvalue weighted by Crippen LogP contribution is 2.30. The maximum Gasteiger partial charge on any atom is 0.277 e. The molecule has 10 heteroatoms. The Morgan fingerprint density at radius 2 is 2.07 bits per heavy atom. The Labute approximate surface area is 174 Å². The zero-order valence-electron chi connectivity index (χ0n) is 14.4. The van der Waals surface area contributed by atoms with Gasteiger partial charge in [-0.3, -0.25) is 19.9 Å². The van der Waals surface area contributed by atoms with Gasteiger partial charge in [0.2, 0.25) is 0 Å². The lowest BCUT2D eigenvalue weighted by Crippen LogP contribution is -2.35. The summed E-state index contributed by atoms with van der Waals surface area (Å²) < 4.78 is 0. The predicted molar refractivity (Wildman–Crippen MR) is 107 cm³/mol. The molecule has 142 valence electrons. The Bertz CT molecular complexity index is 1060. The van der Waals surface area contributed by atoms with Crippen molar-refractivity contribution in [1.29, 1.82) is 0 Å². The van der Waals surface area contributed by atoms with Crippen molar-refractivity contribution in [3.63, 3.8) is 0 Å². The minimum atomic E-state index is -0.377. The molecule has 1 aliphatic rings. The maximum atomic E-state index is 12.8. The zero-order chi connectivity index (χ0) is 19.7. The number of aromatic nitrogens is 3. The van der Waals surface area contributed by atoms with Crippen LogP contribution in [-0.2, 0) is 13.0 Å². The Kier molecular flexibility index (Phi) is 5.25. The molecule has 0 spiro atoms. The highest BCUT2D eigenvalue weighted by molar-refractivity contribution is 7.15. The van der Waals surface area contributed by atoms with E-state index in [2.05, 4.69) is 20.3 Å². The van der Waals surface area contributed by atoms with Crippen LogP contribution in [0.5, 0.6) is 0 Å². The van der Waals surface area contributed by atoms with Crippen LogP contribution in [0.25, 0.3) is 0 Å². The monoisotopic (exact) mass is 433 g/mol. The minimum Gasteiger partial charge on any atom is -0.333 e. The average molecular weight is 434 g/mol. The molecule has 1 aliphatic heterocycles. The van der Waals surface area contributed by atoms with Gasteiger partial charge in [-0.1, -0.05) is 34.5 Å². The summed E-state index contributed by atoms with van der Waals surface area (Å²) in [5.74, 6) is -0.561. The summed E-state index contributed by atoms with van der Waals surface area (Å²) in [6, 6.07) is 4.82. The van der Waals surface area contributed by atoms with Gasteiger partial charge >= 0.3 is 0 Å². The Balaban J connectivity index is 1.49. The van der Waals surface area contributed by atoms with Crippen molar-refractivity contribution in [2.24, 2.45) is 0 Å². The molecule has 2 aromatic heterocycles. The minimum absolute atomic E-state index is 0.184. The van der Waals surface area contributed by atoms with Crippen LogP contribution in [0.4, 0.5) is 5.13 Å². The summed E-state index contributed by atoms with van der Waals surface area (Å²) in [5.41, 5.74) is 1.46. The number of hydrogen-bond acceptors (Lipinski definition) is 6. The smallest absolute Gasteiger partial charge is 0.277 e. The molecule has 2 amide bonds.